The number of aromatic nitrogens is 2. The molecule has 0 saturated carbocycles. The Bertz CT molecular complexity index is 787. The molecule has 0 bridgehead atoms. The lowest BCUT2D eigenvalue weighted by atomic mass is 10.1. The van der Waals surface area contributed by atoms with Gasteiger partial charge >= 0.3 is 5.69 Å². The van der Waals surface area contributed by atoms with Crippen LogP contribution in [-0.4, -0.2) is 32.9 Å². The molecule has 2 heterocycles. The highest BCUT2D eigenvalue weighted by atomic mass is 32.2. The number of hydrogen-bond acceptors (Lipinski definition) is 5. The molecule has 0 saturated heterocycles. The van der Waals surface area contributed by atoms with Gasteiger partial charge in [-0.25, -0.2) is 9.36 Å². The summed E-state index contributed by atoms with van der Waals surface area (Å²) < 4.78 is 1.59. The maximum atomic E-state index is 12.1. The molecule has 0 fully saturated rings. The van der Waals surface area contributed by atoms with Gasteiger partial charge in [-0.1, -0.05) is 37.7 Å². The lowest BCUT2D eigenvalue weighted by molar-refractivity contribution is 0.579. The van der Waals surface area contributed by atoms with Crippen LogP contribution in [0.15, 0.2) is 39.3 Å². The fraction of sp³-hybridized carbons (Fsp3) is 0.400. The van der Waals surface area contributed by atoms with Crippen molar-refractivity contribution in [2.45, 2.75) is 20.3 Å². The lowest BCUT2D eigenvalue weighted by Gasteiger charge is -2.14. The SMILES string of the molecule is CC(C)CCNC1=NN=C(n2c(=O)[nH]c3ccccc32)CS1. The third kappa shape index (κ3) is 3.09. The second-order valence-corrected chi connectivity index (χ2v) is 6.57. The van der Waals surface area contributed by atoms with Crippen molar-refractivity contribution >= 4 is 33.8 Å². The molecule has 0 aliphatic carbocycles. The summed E-state index contributed by atoms with van der Waals surface area (Å²) in [6.45, 7) is 5.27. The lowest BCUT2D eigenvalue weighted by Crippen LogP contribution is -2.31. The number of rotatable bonds is 3. The number of hydrogen-bond donors (Lipinski definition) is 2. The Labute approximate surface area is 132 Å². The van der Waals surface area contributed by atoms with E-state index in [0.29, 0.717) is 17.5 Å². The maximum absolute atomic E-state index is 12.1. The number of thioether (sulfide) groups is 1. The van der Waals surface area contributed by atoms with E-state index >= 15 is 0 Å². The molecule has 0 atom stereocenters. The van der Waals surface area contributed by atoms with E-state index < -0.39 is 0 Å². The van der Waals surface area contributed by atoms with Crippen LogP contribution in [0.5, 0.6) is 0 Å². The van der Waals surface area contributed by atoms with Crippen LogP contribution in [0, 0.1) is 5.92 Å². The number of fused-ring (bicyclic) bond motifs is 1. The summed E-state index contributed by atoms with van der Waals surface area (Å²) in [6.07, 6.45) is 1.10. The van der Waals surface area contributed by atoms with E-state index in [2.05, 4.69) is 34.4 Å². The first-order valence-electron chi connectivity index (χ1n) is 7.36. The maximum Gasteiger partial charge on any atom is 0.332 e. The van der Waals surface area contributed by atoms with Gasteiger partial charge in [0.2, 0.25) is 0 Å². The van der Waals surface area contributed by atoms with Gasteiger partial charge in [-0.15, -0.1) is 10.2 Å². The second-order valence-electron chi connectivity index (χ2n) is 5.60. The van der Waals surface area contributed by atoms with Crippen molar-refractivity contribution in [1.82, 2.24) is 14.9 Å². The zero-order valence-electron chi connectivity index (χ0n) is 12.7. The molecule has 2 N–H and O–H groups in total. The molecule has 116 valence electrons. The smallest absolute Gasteiger partial charge is 0.332 e. The van der Waals surface area contributed by atoms with Crippen LogP contribution in [0.4, 0.5) is 0 Å². The average Bonchev–Trinajstić information content (AvgIpc) is 2.83. The molecular weight excluding hydrogens is 298 g/mol. The van der Waals surface area contributed by atoms with Crippen molar-refractivity contribution in [2.75, 3.05) is 12.3 Å². The normalized spacial score (nSPS) is 15.0. The van der Waals surface area contributed by atoms with Gasteiger partial charge in [0.1, 0.15) is 0 Å². The quantitative estimate of drug-likeness (QED) is 0.911. The number of H-pyrrole nitrogens is 1. The highest BCUT2D eigenvalue weighted by molar-refractivity contribution is 8.14. The fourth-order valence-corrected chi connectivity index (χ4v) is 3.02. The number of imidazole rings is 1. The van der Waals surface area contributed by atoms with E-state index in [4.69, 9.17) is 0 Å². The summed E-state index contributed by atoms with van der Waals surface area (Å²) in [5.74, 6) is 1.93. The largest absolute Gasteiger partial charge is 0.363 e. The van der Waals surface area contributed by atoms with Crippen molar-refractivity contribution in [3.05, 3.63) is 34.7 Å². The highest BCUT2D eigenvalue weighted by Crippen LogP contribution is 2.14. The molecule has 2 aromatic rings. The predicted molar refractivity (Wildman–Crippen MR) is 92.7 cm³/mol. The Morgan fingerprint density at radius 3 is 2.91 bits per heavy atom. The third-order valence-electron chi connectivity index (χ3n) is 3.44. The van der Waals surface area contributed by atoms with Crippen LogP contribution in [0.2, 0.25) is 0 Å². The van der Waals surface area contributed by atoms with E-state index in [1.54, 1.807) is 16.3 Å². The molecular formula is C15H19N5OS. The van der Waals surface area contributed by atoms with Crippen molar-refractivity contribution < 1.29 is 0 Å². The molecule has 0 radical (unpaired) electrons. The third-order valence-corrected chi connectivity index (χ3v) is 4.34. The number of amidine groups is 1. The summed E-state index contributed by atoms with van der Waals surface area (Å²) in [6, 6.07) is 7.59. The monoisotopic (exact) mass is 317 g/mol. The average molecular weight is 317 g/mol. The summed E-state index contributed by atoms with van der Waals surface area (Å²) in [7, 11) is 0. The molecule has 0 unspecified atom stereocenters. The summed E-state index contributed by atoms with van der Waals surface area (Å²) in [5.41, 5.74) is 1.47. The molecule has 1 aliphatic heterocycles. The summed E-state index contributed by atoms with van der Waals surface area (Å²) >= 11 is 1.57. The molecule has 1 aromatic heterocycles. The first-order chi connectivity index (χ1) is 10.6. The topological polar surface area (TPSA) is 74.5 Å². The van der Waals surface area contributed by atoms with Crippen LogP contribution in [0.25, 0.3) is 11.0 Å². The second kappa shape index (κ2) is 6.39. The minimum atomic E-state index is -0.174. The summed E-state index contributed by atoms with van der Waals surface area (Å²) in [4.78, 5) is 15.0. The number of nitrogens with zero attached hydrogens (tertiary/aromatic N) is 3. The van der Waals surface area contributed by atoms with Gasteiger partial charge < -0.3 is 10.3 Å². The predicted octanol–water partition coefficient (Wildman–Crippen LogP) is 2.23. The first kappa shape index (κ1) is 14.9. The number of benzene rings is 1. The van der Waals surface area contributed by atoms with Gasteiger partial charge in [0.05, 0.1) is 16.8 Å². The minimum Gasteiger partial charge on any atom is -0.363 e. The van der Waals surface area contributed by atoms with E-state index in [1.165, 1.54) is 0 Å². The summed E-state index contributed by atoms with van der Waals surface area (Å²) in [5, 5.41) is 12.5. The molecule has 22 heavy (non-hydrogen) atoms. The van der Waals surface area contributed by atoms with Crippen LogP contribution >= 0.6 is 11.8 Å². The van der Waals surface area contributed by atoms with Gasteiger partial charge in [-0.3, -0.25) is 0 Å². The highest BCUT2D eigenvalue weighted by Gasteiger charge is 2.16. The Morgan fingerprint density at radius 1 is 1.36 bits per heavy atom. The van der Waals surface area contributed by atoms with Gasteiger partial charge in [0, 0.05) is 6.54 Å². The molecule has 3 rings (SSSR count). The Hall–Kier alpha value is -2.02. The first-order valence-corrected chi connectivity index (χ1v) is 8.35. The molecule has 7 heteroatoms. The Morgan fingerprint density at radius 2 is 2.18 bits per heavy atom. The van der Waals surface area contributed by atoms with Crippen LogP contribution in [0.3, 0.4) is 0 Å². The van der Waals surface area contributed by atoms with Gasteiger partial charge in [-0.05, 0) is 24.5 Å². The van der Waals surface area contributed by atoms with Gasteiger partial charge in [-0.2, -0.15) is 0 Å². The molecule has 1 aromatic carbocycles. The van der Waals surface area contributed by atoms with Crippen molar-refractivity contribution in [3.63, 3.8) is 0 Å². The van der Waals surface area contributed by atoms with E-state index in [-0.39, 0.29) is 5.69 Å². The van der Waals surface area contributed by atoms with E-state index in [9.17, 15) is 4.79 Å². The molecule has 1 aliphatic rings. The van der Waals surface area contributed by atoms with Crippen molar-refractivity contribution in [1.29, 1.82) is 0 Å². The van der Waals surface area contributed by atoms with Crippen molar-refractivity contribution in [2.24, 2.45) is 16.1 Å². The van der Waals surface area contributed by atoms with Crippen LogP contribution < -0.4 is 11.0 Å². The Balaban J connectivity index is 1.81. The minimum absolute atomic E-state index is 0.174. The van der Waals surface area contributed by atoms with Crippen LogP contribution in [-0.2, 0) is 0 Å². The van der Waals surface area contributed by atoms with Gasteiger partial charge in [0.15, 0.2) is 11.0 Å². The number of aromatic amines is 1. The molecule has 0 amide bonds. The Kier molecular flexibility index (Phi) is 4.33. The van der Waals surface area contributed by atoms with E-state index in [0.717, 1.165) is 29.2 Å². The van der Waals surface area contributed by atoms with Crippen molar-refractivity contribution in [3.8, 4) is 0 Å². The van der Waals surface area contributed by atoms with Crippen LogP contribution in [0.1, 0.15) is 20.3 Å². The number of para-hydroxylation sites is 2. The molecule has 0 spiro atoms. The zero-order valence-corrected chi connectivity index (χ0v) is 13.5. The van der Waals surface area contributed by atoms with E-state index in [1.807, 2.05) is 24.3 Å². The standard InChI is InChI=1S/C15H19N5OS/c1-10(2)7-8-16-14-19-18-13(9-22-14)20-12-6-4-3-5-11(12)17-15(20)21/h3-6,10H,7-9H2,1-2H3,(H,16,19)(H,17,21). The zero-order chi connectivity index (χ0) is 15.5. The van der Waals surface area contributed by atoms with Gasteiger partial charge in [0.25, 0.3) is 0 Å². The number of nitrogens with one attached hydrogen (secondary N) is 2. The fourth-order valence-electron chi connectivity index (χ4n) is 2.27. The molecule has 6 nitrogen and oxygen atoms in total.